The number of imidazole rings is 1. The average Bonchev–Trinajstić information content (AvgIpc) is 3.26. The second-order valence-electron chi connectivity index (χ2n) is 5.15. The zero-order valence-electron chi connectivity index (χ0n) is 14.3. The molecule has 0 spiro atoms. The summed E-state index contributed by atoms with van der Waals surface area (Å²) in [7, 11) is 0. The predicted octanol–water partition coefficient (Wildman–Crippen LogP) is -0.527. The number of rotatable bonds is 14. The van der Waals surface area contributed by atoms with Crippen LogP contribution in [0.3, 0.4) is 0 Å². The van der Waals surface area contributed by atoms with Gasteiger partial charge in [0.05, 0.1) is 59.0 Å². The van der Waals surface area contributed by atoms with Crippen LogP contribution in [0, 0.1) is 10.1 Å². The molecule has 26 heavy (non-hydrogen) atoms. The van der Waals surface area contributed by atoms with Crippen molar-refractivity contribution in [3.8, 4) is 0 Å². The number of aliphatic hydroxyl groups is 1. The zero-order chi connectivity index (χ0) is 18.6. The smallest absolute Gasteiger partial charge is 0.394 e. The van der Waals surface area contributed by atoms with E-state index in [2.05, 4.69) is 15.3 Å². The summed E-state index contributed by atoms with van der Waals surface area (Å²) in [5.41, 5.74) is 0.595. The minimum Gasteiger partial charge on any atom is -0.394 e. The lowest BCUT2D eigenvalue weighted by molar-refractivity contribution is -0.396. The summed E-state index contributed by atoms with van der Waals surface area (Å²) in [6.45, 7) is 3.30. The normalized spacial score (nSPS) is 11.1. The number of ether oxygens (including phenoxy) is 3. The molecule has 0 radical (unpaired) electrons. The first kappa shape index (κ1) is 19.9. The average molecular weight is 370 g/mol. The Labute approximate surface area is 149 Å². The lowest BCUT2D eigenvalue weighted by atomic mass is 10.4. The van der Waals surface area contributed by atoms with E-state index >= 15 is 0 Å². The fraction of sp³-hybridized carbons (Fsp3) is 0.643. The molecule has 0 saturated carbocycles. The van der Waals surface area contributed by atoms with E-state index in [-0.39, 0.29) is 19.1 Å². The van der Waals surface area contributed by atoms with E-state index in [1.807, 2.05) is 0 Å². The number of nitrogens with zero attached hydrogens (tertiary/aromatic N) is 6. The Morgan fingerprint density at radius 3 is 2.50 bits per heavy atom. The summed E-state index contributed by atoms with van der Waals surface area (Å²) < 4.78 is 18.8. The van der Waals surface area contributed by atoms with Crippen molar-refractivity contribution in [3.63, 3.8) is 0 Å². The molecule has 0 aliphatic rings. The van der Waals surface area contributed by atoms with E-state index < -0.39 is 4.92 Å². The van der Waals surface area contributed by atoms with Crippen LogP contribution in [0.2, 0.25) is 0 Å². The lowest BCUT2D eigenvalue weighted by Crippen LogP contribution is -2.13. The van der Waals surface area contributed by atoms with E-state index in [1.165, 1.54) is 17.0 Å². The molecule has 144 valence electrons. The van der Waals surface area contributed by atoms with Gasteiger partial charge in [-0.25, -0.2) is 9.25 Å². The summed E-state index contributed by atoms with van der Waals surface area (Å²) in [4.78, 5) is 14.0. The summed E-state index contributed by atoms with van der Waals surface area (Å²) >= 11 is 0. The van der Waals surface area contributed by atoms with Gasteiger partial charge in [-0.05, 0) is 4.92 Å². The molecule has 0 aromatic carbocycles. The third-order valence-electron chi connectivity index (χ3n) is 3.22. The van der Waals surface area contributed by atoms with Crippen LogP contribution in [0.5, 0.6) is 0 Å². The molecule has 0 saturated heterocycles. The number of hydrogen-bond acceptors (Lipinski definition) is 9. The van der Waals surface area contributed by atoms with Crippen molar-refractivity contribution < 1.29 is 24.2 Å². The second-order valence-corrected chi connectivity index (χ2v) is 5.15. The van der Waals surface area contributed by atoms with Crippen LogP contribution in [0.15, 0.2) is 18.6 Å². The first-order valence-electron chi connectivity index (χ1n) is 8.09. The predicted molar refractivity (Wildman–Crippen MR) is 87.5 cm³/mol. The maximum absolute atomic E-state index is 10.8. The van der Waals surface area contributed by atoms with Crippen molar-refractivity contribution in [2.45, 2.75) is 13.1 Å². The minimum atomic E-state index is -0.543. The van der Waals surface area contributed by atoms with Gasteiger partial charge in [0, 0.05) is 0 Å². The SMILES string of the molecule is O=[N+]([O-])c1nccn1Cc1cn(CCOCCOCCOCCO)nn1. The molecular formula is C14H22N6O6. The van der Waals surface area contributed by atoms with Gasteiger partial charge in [-0.2, -0.15) is 0 Å². The number of aromatic nitrogens is 5. The first-order valence-corrected chi connectivity index (χ1v) is 8.09. The largest absolute Gasteiger partial charge is 0.434 e. The van der Waals surface area contributed by atoms with Crippen molar-refractivity contribution in [2.75, 3.05) is 46.2 Å². The van der Waals surface area contributed by atoms with E-state index in [0.717, 1.165) is 0 Å². The fourth-order valence-electron chi connectivity index (χ4n) is 2.06. The molecule has 0 aliphatic carbocycles. The Kier molecular flexibility index (Phi) is 8.62. The summed E-state index contributed by atoms with van der Waals surface area (Å²) in [6, 6.07) is 0. The highest BCUT2D eigenvalue weighted by Crippen LogP contribution is 2.09. The van der Waals surface area contributed by atoms with Crippen molar-refractivity contribution in [1.82, 2.24) is 24.5 Å². The highest BCUT2D eigenvalue weighted by molar-refractivity contribution is 5.09. The van der Waals surface area contributed by atoms with Crippen LogP contribution in [-0.4, -0.2) is 80.8 Å². The summed E-state index contributed by atoms with van der Waals surface area (Å²) in [5, 5.41) is 27.3. The van der Waals surface area contributed by atoms with Crippen molar-refractivity contribution in [3.05, 3.63) is 34.4 Å². The molecule has 12 nitrogen and oxygen atoms in total. The Morgan fingerprint density at radius 1 is 1.12 bits per heavy atom. The van der Waals surface area contributed by atoms with E-state index in [0.29, 0.717) is 51.9 Å². The summed E-state index contributed by atoms with van der Waals surface area (Å²) in [6.07, 6.45) is 4.61. The number of aliphatic hydroxyl groups excluding tert-OH is 1. The van der Waals surface area contributed by atoms with Gasteiger partial charge in [-0.15, -0.1) is 5.10 Å². The van der Waals surface area contributed by atoms with Crippen LogP contribution in [0.4, 0.5) is 5.95 Å². The van der Waals surface area contributed by atoms with Crippen LogP contribution in [-0.2, 0) is 27.3 Å². The van der Waals surface area contributed by atoms with Crippen molar-refractivity contribution >= 4 is 5.95 Å². The highest BCUT2D eigenvalue weighted by atomic mass is 16.6. The minimum absolute atomic E-state index is 0.00627. The molecule has 2 heterocycles. The van der Waals surface area contributed by atoms with Gasteiger partial charge in [0.25, 0.3) is 0 Å². The molecule has 2 aromatic rings. The Morgan fingerprint density at radius 2 is 1.81 bits per heavy atom. The lowest BCUT2D eigenvalue weighted by Gasteiger charge is -2.06. The molecule has 2 aromatic heterocycles. The molecule has 2 rings (SSSR count). The standard InChI is InChI=1S/C14H22N6O6/c21-4-6-25-8-10-26-9-7-24-5-3-19-12-13(16-17-19)11-18-2-1-15-14(18)20(22)23/h1-2,12,21H,3-11H2. The summed E-state index contributed by atoms with van der Waals surface area (Å²) in [5.74, 6) is -0.232. The van der Waals surface area contributed by atoms with E-state index in [9.17, 15) is 10.1 Å². The molecule has 0 aliphatic heterocycles. The monoisotopic (exact) mass is 370 g/mol. The molecule has 0 amide bonds. The van der Waals surface area contributed by atoms with E-state index in [4.69, 9.17) is 19.3 Å². The van der Waals surface area contributed by atoms with Gasteiger partial charge in [0.2, 0.25) is 0 Å². The van der Waals surface area contributed by atoms with Gasteiger partial charge < -0.3 is 29.4 Å². The topological polar surface area (TPSA) is 140 Å². The van der Waals surface area contributed by atoms with Crippen LogP contribution in [0.1, 0.15) is 5.69 Å². The quantitative estimate of drug-likeness (QED) is 0.264. The molecule has 1 N–H and O–H groups in total. The number of nitro groups is 1. The molecule has 0 fully saturated rings. The first-order chi connectivity index (χ1) is 12.7. The van der Waals surface area contributed by atoms with Crippen molar-refractivity contribution in [1.29, 1.82) is 0 Å². The van der Waals surface area contributed by atoms with Crippen molar-refractivity contribution in [2.24, 2.45) is 0 Å². The Bertz CT molecular complexity index is 660. The van der Waals surface area contributed by atoms with Crippen LogP contribution in [0.25, 0.3) is 0 Å². The molecular weight excluding hydrogens is 348 g/mol. The third kappa shape index (κ3) is 6.84. The van der Waals surface area contributed by atoms with Gasteiger partial charge in [-0.1, -0.05) is 10.2 Å². The molecule has 12 heteroatoms. The van der Waals surface area contributed by atoms with Gasteiger partial charge in [0.15, 0.2) is 0 Å². The molecule has 0 bridgehead atoms. The number of hydrogen-bond donors (Lipinski definition) is 1. The van der Waals surface area contributed by atoms with Gasteiger partial charge >= 0.3 is 5.95 Å². The second kappa shape index (κ2) is 11.3. The van der Waals surface area contributed by atoms with E-state index in [1.54, 1.807) is 10.9 Å². The van der Waals surface area contributed by atoms with Crippen LogP contribution < -0.4 is 0 Å². The Hall–Kier alpha value is -2.41. The zero-order valence-corrected chi connectivity index (χ0v) is 14.3. The third-order valence-corrected chi connectivity index (χ3v) is 3.22. The molecule has 0 unspecified atom stereocenters. The van der Waals surface area contributed by atoms with Crippen LogP contribution >= 0.6 is 0 Å². The van der Waals surface area contributed by atoms with Gasteiger partial charge in [-0.3, -0.25) is 0 Å². The molecule has 0 atom stereocenters. The fourth-order valence-corrected chi connectivity index (χ4v) is 2.06. The maximum Gasteiger partial charge on any atom is 0.434 e. The maximum atomic E-state index is 10.8. The highest BCUT2D eigenvalue weighted by Gasteiger charge is 2.15. The van der Waals surface area contributed by atoms with Gasteiger partial charge in [0.1, 0.15) is 24.6 Å². The Balaban J connectivity index is 1.59.